The van der Waals surface area contributed by atoms with Crippen LogP contribution in [0.5, 0.6) is 5.75 Å². The molecule has 0 fully saturated rings. The van der Waals surface area contributed by atoms with Gasteiger partial charge in [-0.15, -0.1) is 0 Å². The first-order valence-corrected chi connectivity index (χ1v) is 12.3. The van der Waals surface area contributed by atoms with Gasteiger partial charge in [0, 0.05) is 29.9 Å². The van der Waals surface area contributed by atoms with Gasteiger partial charge in [-0.2, -0.15) is 0 Å². The van der Waals surface area contributed by atoms with E-state index in [0.717, 1.165) is 5.56 Å². The number of Topliss-reactive ketones (excluding diaryl/α,β-unsaturated/α-hetero) is 1. The van der Waals surface area contributed by atoms with Crippen LogP contribution < -0.4 is 0 Å². The highest BCUT2D eigenvalue weighted by Gasteiger charge is 2.29. The number of aliphatic hydroxyl groups is 2. The normalized spacial score (nSPS) is 11.6. The lowest BCUT2D eigenvalue weighted by Crippen LogP contribution is -2.37. The first-order valence-electron chi connectivity index (χ1n) is 12.0. The Labute approximate surface area is 229 Å². The van der Waals surface area contributed by atoms with Gasteiger partial charge >= 0.3 is 5.97 Å². The number of pyridine rings is 1. The van der Waals surface area contributed by atoms with Crippen molar-refractivity contribution in [3.63, 3.8) is 0 Å². The van der Waals surface area contributed by atoms with E-state index in [9.17, 15) is 29.0 Å². The quantitative estimate of drug-likeness (QED) is 0.228. The van der Waals surface area contributed by atoms with Gasteiger partial charge < -0.3 is 25.0 Å². The van der Waals surface area contributed by atoms with Crippen molar-refractivity contribution >= 4 is 29.3 Å². The average Bonchev–Trinajstić information content (AvgIpc) is 2.94. The Bertz CT molecular complexity index is 1320. The zero-order valence-corrected chi connectivity index (χ0v) is 21.9. The summed E-state index contributed by atoms with van der Waals surface area (Å²) < 4.78 is 18.4. The predicted octanol–water partition coefficient (Wildman–Crippen LogP) is 3.20. The number of ether oxygens (including phenoxy) is 1. The molecule has 0 radical (unpaired) electrons. The zero-order valence-electron chi connectivity index (χ0n) is 21.1. The Hall–Kier alpha value is -3.86. The van der Waals surface area contributed by atoms with Crippen LogP contribution in [-0.4, -0.2) is 56.6 Å². The summed E-state index contributed by atoms with van der Waals surface area (Å²) in [6, 6.07) is 12.3. The number of amides is 1. The van der Waals surface area contributed by atoms with Crippen molar-refractivity contribution in [2.24, 2.45) is 5.92 Å². The van der Waals surface area contributed by atoms with Gasteiger partial charge in [0.2, 0.25) is 11.7 Å². The second kappa shape index (κ2) is 13.8. The fourth-order valence-electron chi connectivity index (χ4n) is 4.09. The Balaban J connectivity index is 2.01. The van der Waals surface area contributed by atoms with Crippen molar-refractivity contribution in [3.8, 4) is 5.75 Å². The molecule has 1 atom stereocenters. The van der Waals surface area contributed by atoms with E-state index in [1.54, 1.807) is 24.3 Å². The Morgan fingerprint density at radius 1 is 1.03 bits per heavy atom. The van der Waals surface area contributed by atoms with Gasteiger partial charge in [0.25, 0.3) is 0 Å². The third-order valence-electron chi connectivity index (χ3n) is 6.16. The molecule has 0 aliphatic heterocycles. The van der Waals surface area contributed by atoms with Crippen LogP contribution in [0.15, 0.2) is 54.7 Å². The predicted molar refractivity (Wildman–Crippen MR) is 139 cm³/mol. The van der Waals surface area contributed by atoms with Gasteiger partial charge in [0.05, 0.1) is 26.1 Å². The van der Waals surface area contributed by atoms with Crippen molar-refractivity contribution in [2.75, 3.05) is 13.7 Å². The molecule has 0 bridgehead atoms. The highest BCUT2D eigenvalue weighted by Crippen LogP contribution is 2.28. The maximum absolute atomic E-state index is 13.9. The number of benzene rings is 2. The highest BCUT2D eigenvalue weighted by molar-refractivity contribution is 6.30. The van der Waals surface area contributed by atoms with Gasteiger partial charge in [-0.05, 0) is 47.4 Å². The molecule has 3 N–H and O–H groups in total. The molecule has 9 nitrogen and oxygen atoms in total. The monoisotopic (exact) mass is 558 g/mol. The van der Waals surface area contributed by atoms with Crippen LogP contribution in [-0.2, 0) is 40.4 Å². The van der Waals surface area contributed by atoms with Crippen LogP contribution in [0.4, 0.5) is 4.39 Å². The average molecular weight is 559 g/mol. The van der Waals surface area contributed by atoms with Crippen LogP contribution in [0.25, 0.3) is 0 Å². The number of aromatic nitrogens is 1. The lowest BCUT2D eigenvalue weighted by Gasteiger charge is -2.28. The Morgan fingerprint density at radius 2 is 1.67 bits per heavy atom. The van der Waals surface area contributed by atoms with Crippen molar-refractivity contribution in [1.82, 2.24) is 9.88 Å². The lowest BCUT2D eigenvalue weighted by molar-refractivity contribution is -0.147. The number of aromatic hydroxyl groups is 1. The van der Waals surface area contributed by atoms with E-state index in [0.29, 0.717) is 10.6 Å². The molecule has 3 aromatic rings. The summed E-state index contributed by atoms with van der Waals surface area (Å²) in [4.78, 5) is 43.4. The molecule has 1 unspecified atom stereocenters. The molecule has 1 heterocycles. The molecule has 1 amide bonds. The first-order chi connectivity index (χ1) is 18.7. The van der Waals surface area contributed by atoms with Gasteiger partial charge in [-0.3, -0.25) is 14.4 Å². The molecule has 0 spiro atoms. The number of carbonyl (C=O) groups is 3. The largest absolute Gasteiger partial charge is 0.505 e. The molecule has 11 heteroatoms. The third kappa shape index (κ3) is 7.82. The van der Waals surface area contributed by atoms with E-state index >= 15 is 0 Å². The van der Waals surface area contributed by atoms with Crippen molar-refractivity contribution in [2.45, 2.75) is 32.5 Å². The van der Waals surface area contributed by atoms with Gasteiger partial charge in [0.1, 0.15) is 12.4 Å². The Kier molecular flexibility index (Phi) is 10.5. The summed E-state index contributed by atoms with van der Waals surface area (Å²) in [7, 11) is 1.22. The van der Waals surface area contributed by atoms with E-state index in [1.165, 1.54) is 42.5 Å². The SMILES string of the molecule is COC(=O)CC(Cc1ccc(Cl)cc1)C(=O)N(Cc1ccc(F)cc1)Cc1cnc(C(=O)CO)c(O)c1CO. The number of esters is 1. The van der Waals surface area contributed by atoms with E-state index < -0.39 is 54.1 Å². The van der Waals surface area contributed by atoms with Gasteiger partial charge in [-0.25, -0.2) is 9.37 Å². The molecule has 206 valence electrons. The van der Waals surface area contributed by atoms with Crippen molar-refractivity contribution in [1.29, 1.82) is 0 Å². The minimum atomic E-state index is -0.889. The van der Waals surface area contributed by atoms with Gasteiger partial charge in [-0.1, -0.05) is 35.9 Å². The molecular weight excluding hydrogens is 531 g/mol. The number of methoxy groups -OCH3 is 1. The lowest BCUT2D eigenvalue weighted by atomic mass is 9.94. The van der Waals surface area contributed by atoms with Crippen molar-refractivity contribution < 1.29 is 38.8 Å². The van der Waals surface area contributed by atoms with Crippen LogP contribution >= 0.6 is 11.6 Å². The summed E-state index contributed by atoms with van der Waals surface area (Å²) in [6.07, 6.45) is 1.19. The van der Waals surface area contributed by atoms with E-state index in [4.69, 9.17) is 21.4 Å². The molecule has 2 aromatic carbocycles. The summed E-state index contributed by atoms with van der Waals surface area (Å²) in [5, 5.41) is 30.2. The minimum Gasteiger partial charge on any atom is -0.505 e. The van der Waals surface area contributed by atoms with E-state index in [-0.39, 0.29) is 37.1 Å². The number of aliphatic hydroxyl groups excluding tert-OH is 2. The van der Waals surface area contributed by atoms with Crippen LogP contribution in [0.3, 0.4) is 0 Å². The summed E-state index contributed by atoms with van der Waals surface area (Å²) in [5.41, 5.74) is 1.13. The number of ketones is 1. The molecule has 0 saturated carbocycles. The van der Waals surface area contributed by atoms with Crippen LogP contribution in [0.1, 0.15) is 39.2 Å². The first kappa shape index (κ1) is 29.7. The molecule has 39 heavy (non-hydrogen) atoms. The fraction of sp³-hybridized carbons (Fsp3) is 0.286. The highest BCUT2D eigenvalue weighted by atomic mass is 35.5. The van der Waals surface area contributed by atoms with Gasteiger partial charge in [0.15, 0.2) is 11.4 Å². The molecule has 0 aliphatic carbocycles. The smallest absolute Gasteiger partial charge is 0.306 e. The summed E-state index contributed by atoms with van der Waals surface area (Å²) >= 11 is 5.98. The molecule has 0 aliphatic rings. The summed E-state index contributed by atoms with van der Waals surface area (Å²) in [5.74, 6) is -3.79. The topological polar surface area (TPSA) is 137 Å². The number of halogens is 2. The molecule has 1 aromatic heterocycles. The molecule has 3 rings (SSSR count). The molecular formula is C28H28ClFN2O7. The number of nitrogens with zero attached hydrogens (tertiary/aromatic N) is 2. The van der Waals surface area contributed by atoms with E-state index in [2.05, 4.69) is 4.98 Å². The van der Waals surface area contributed by atoms with Crippen molar-refractivity contribution in [3.05, 3.63) is 93.5 Å². The van der Waals surface area contributed by atoms with Crippen LogP contribution in [0.2, 0.25) is 5.02 Å². The standard InChI is InChI=1S/C28H28ClFN2O7/c1-39-25(36)11-19(10-17-2-6-21(29)7-3-17)28(38)32(13-18-4-8-22(30)9-5-18)14-20-12-31-26(24(35)16-34)27(37)23(20)15-33/h2-9,12,19,33-34,37H,10-11,13-16H2,1H3. The molecule has 0 saturated heterocycles. The van der Waals surface area contributed by atoms with Crippen LogP contribution in [0, 0.1) is 11.7 Å². The number of carbonyl (C=O) groups excluding carboxylic acids is 3. The van der Waals surface area contributed by atoms with E-state index in [1.807, 2.05) is 0 Å². The summed E-state index contributed by atoms with van der Waals surface area (Å²) in [6.45, 7) is -1.73. The maximum atomic E-state index is 13.9. The fourth-order valence-corrected chi connectivity index (χ4v) is 4.22. The second-order valence-corrected chi connectivity index (χ2v) is 9.26. The minimum absolute atomic E-state index is 0.000353. The number of hydrogen-bond acceptors (Lipinski definition) is 8. The maximum Gasteiger partial charge on any atom is 0.306 e. The third-order valence-corrected chi connectivity index (χ3v) is 6.41. The second-order valence-electron chi connectivity index (χ2n) is 8.83. The zero-order chi connectivity index (χ0) is 28.5. The number of rotatable bonds is 12. The Morgan fingerprint density at radius 3 is 2.26 bits per heavy atom. The number of hydrogen-bond donors (Lipinski definition) is 3.